The Kier molecular flexibility index (Phi) is 5.82. The first kappa shape index (κ1) is 20.1. The molecule has 1 spiro atoms. The number of likely N-dealkylation sites (N-methyl/N-ethyl adjacent to an activating group) is 1. The molecule has 2 aliphatic heterocycles. The topological polar surface area (TPSA) is 26.8 Å². The van der Waals surface area contributed by atoms with E-state index in [4.69, 9.17) is 0 Å². The van der Waals surface area contributed by atoms with Crippen molar-refractivity contribution < 1.29 is 18.0 Å². The van der Waals surface area contributed by atoms with Crippen LogP contribution in [0.2, 0.25) is 0 Å². The quantitative estimate of drug-likeness (QED) is 0.802. The Morgan fingerprint density at radius 2 is 1.93 bits per heavy atom. The van der Waals surface area contributed by atoms with Crippen molar-refractivity contribution in [2.75, 3.05) is 39.8 Å². The van der Waals surface area contributed by atoms with Crippen LogP contribution >= 0.6 is 0 Å². The van der Waals surface area contributed by atoms with Crippen LogP contribution < -0.4 is 0 Å². The first-order valence-electron chi connectivity index (χ1n) is 9.61. The molecule has 1 atom stereocenters. The van der Waals surface area contributed by atoms with Gasteiger partial charge in [0.2, 0.25) is 5.91 Å². The second-order valence-electron chi connectivity index (χ2n) is 7.78. The summed E-state index contributed by atoms with van der Waals surface area (Å²) in [6.07, 6.45) is -2.07. The molecule has 3 rings (SSSR count). The molecule has 0 N–H and O–H groups in total. The molecule has 0 bridgehead atoms. The maximum Gasteiger partial charge on any atom is 0.416 e. The predicted molar refractivity (Wildman–Crippen MR) is 98.2 cm³/mol. The highest BCUT2D eigenvalue weighted by atomic mass is 19.4. The first-order chi connectivity index (χ1) is 12.7. The van der Waals surface area contributed by atoms with Gasteiger partial charge in [0.25, 0.3) is 0 Å². The van der Waals surface area contributed by atoms with Gasteiger partial charge in [0.1, 0.15) is 0 Å². The van der Waals surface area contributed by atoms with Crippen molar-refractivity contribution in [3.05, 3.63) is 35.4 Å². The molecule has 0 radical (unpaired) electrons. The lowest BCUT2D eigenvalue weighted by molar-refractivity contribution is -0.137. The van der Waals surface area contributed by atoms with E-state index in [9.17, 15) is 18.0 Å². The van der Waals surface area contributed by atoms with Crippen LogP contribution in [0.25, 0.3) is 0 Å². The summed E-state index contributed by atoms with van der Waals surface area (Å²) in [7, 11) is 2.10. The Bertz CT molecular complexity index is 679. The van der Waals surface area contributed by atoms with Gasteiger partial charge >= 0.3 is 6.18 Å². The van der Waals surface area contributed by atoms with Gasteiger partial charge in [-0.05, 0) is 38.4 Å². The standard InChI is InChI=1S/C20H28F3N3O/c1-3-26-10-9-19(8-7-18(26)27)15-25(12-11-24(19)2)14-16-5-4-6-17(13-16)20(21,22)23/h4-6,13H,3,7-12,14-15H2,1-2H3. The number of halogens is 3. The van der Waals surface area contributed by atoms with Gasteiger partial charge in [-0.3, -0.25) is 14.6 Å². The minimum Gasteiger partial charge on any atom is -0.343 e. The Labute approximate surface area is 158 Å². The minimum absolute atomic E-state index is 0.0839. The SMILES string of the molecule is CCN1CCC2(CCC1=O)CN(Cc1cccc(C(F)(F)F)c1)CCN2C. The second kappa shape index (κ2) is 7.80. The normalized spacial score (nSPS) is 25.8. The highest BCUT2D eigenvalue weighted by molar-refractivity contribution is 5.76. The molecule has 1 aromatic rings. The van der Waals surface area contributed by atoms with E-state index >= 15 is 0 Å². The minimum atomic E-state index is -4.31. The molecule has 1 unspecified atom stereocenters. The van der Waals surface area contributed by atoms with Crippen molar-refractivity contribution in [2.45, 2.75) is 44.4 Å². The van der Waals surface area contributed by atoms with Crippen LogP contribution in [-0.4, -0.2) is 65.9 Å². The smallest absolute Gasteiger partial charge is 0.343 e. The summed E-state index contributed by atoms with van der Waals surface area (Å²) in [5, 5.41) is 0. The zero-order valence-electron chi connectivity index (χ0n) is 16.1. The monoisotopic (exact) mass is 383 g/mol. The third-order valence-corrected chi connectivity index (χ3v) is 6.13. The second-order valence-corrected chi connectivity index (χ2v) is 7.78. The van der Waals surface area contributed by atoms with Crippen LogP contribution in [0, 0.1) is 0 Å². The zero-order chi connectivity index (χ0) is 19.7. The van der Waals surface area contributed by atoms with Gasteiger partial charge in [-0.2, -0.15) is 13.2 Å². The van der Waals surface area contributed by atoms with E-state index in [0.717, 1.165) is 51.6 Å². The molecule has 2 aliphatic rings. The average Bonchev–Trinajstić information content (AvgIpc) is 2.78. The molecule has 2 saturated heterocycles. The summed E-state index contributed by atoms with van der Waals surface area (Å²) in [4.78, 5) is 18.8. The summed E-state index contributed by atoms with van der Waals surface area (Å²) in [5.74, 6) is 0.206. The molecule has 0 saturated carbocycles. The summed E-state index contributed by atoms with van der Waals surface area (Å²) < 4.78 is 38.9. The highest BCUT2D eigenvalue weighted by Gasteiger charge is 2.42. The predicted octanol–water partition coefficient (Wildman–Crippen LogP) is 3.22. The van der Waals surface area contributed by atoms with Crippen molar-refractivity contribution in [3.63, 3.8) is 0 Å². The first-order valence-corrected chi connectivity index (χ1v) is 9.61. The maximum absolute atomic E-state index is 13.0. The number of amides is 1. The van der Waals surface area contributed by atoms with Gasteiger partial charge < -0.3 is 4.90 Å². The van der Waals surface area contributed by atoms with Crippen molar-refractivity contribution in [3.8, 4) is 0 Å². The van der Waals surface area contributed by atoms with Gasteiger partial charge in [-0.25, -0.2) is 0 Å². The van der Waals surface area contributed by atoms with Crippen molar-refractivity contribution in [1.82, 2.24) is 14.7 Å². The van der Waals surface area contributed by atoms with E-state index in [-0.39, 0.29) is 11.4 Å². The molecule has 0 aromatic heterocycles. The Balaban J connectivity index is 1.73. The van der Waals surface area contributed by atoms with Crippen LogP contribution in [0.3, 0.4) is 0 Å². The Morgan fingerprint density at radius 3 is 2.63 bits per heavy atom. The van der Waals surface area contributed by atoms with E-state index in [1.54, 1.807) is 6.07 Å². The zero-order valence-corrected chi connectivity index (χ0v) is 16.1. The van der Waals surface area contributed by atoms with Crippen LogP contribution in [0.1, 0.15) is 37.3 Å². The van der Waals surface area contributed by atoms with E-state index in [2.05, 4.69) is 16.8 Å². The summed E-state index contributed by atoms with van der Waals surface area (Å²) in [6, 6.07) is 5.61. The Hall–Kier alpha value is -1.60. The fourth-order valence-corrected chi connectivity index (χ4v) is 4.35. The molecule has 7 heteroatoms. The van der Waals surface area contributed by atoms with Crippen molar-refractivity contribution in [1.29, 1.82) is 0 Å². The molecule has 27 heavy (non-hydrogen) atoms. The van der Waals surface area contributed by atoms with E-state index in [0.29, 0.717) is 18.5 Å². The van der Waals surface area contributed by atoms with E-state index < -0.39 is 11.7 Å². The fraction of sp³-hybridized carbons (Fsp3) is 0.650. The Morgan fingerprint density at radius 1 is 1.15 bits per heavy atom. The lowest BCUT2D eigenvalue weighted by atomic mass is 9.86. The molecule has 1 aromatic carbocycles. The largest absolute Gasteiger partial charge is 0.416 e. The number of rotatable bonds is 3. The molecule has 150 valence electrons. The number of alkyl halides is 3. The van der Waals surface area contributed by atoms with Crippen molar-refractivity contribution in [2.24, 2.45) is 0 Å². The van der Waals surface area contributed by atoms with E-state index in [1.165, 1.54) is 12.1 Å². The number of piperazine rings is 1. The molecular weight excluding hydrogens is 355 g/mol. The van der Waals surface area contributed by atoms with Crippen molar-refractivity contribution >= 4 is 5.91 Å². The van der Waals surface area contributed by atoms with Crippen LogP contribution in [0.4, 0.5) is 13.2 Å². The number of nitrogens with zero attached hydrogens (tertiary/aromatic N) is 3. The highest BCUT2D eigenvalue weighted by Crippen LogP contribution is 2.33. The van der Waals surface area contributed by atoms with E-state index in [1.807, 2.05) is 11.8 Å². The molecule has 2 fully saturated rings. The number of likely N-dealkylation sites (tertiary alicyclic amines) is 1. The molecule has 0 aliphatic carbocycles. The van der Waals surface area contributed by atoms with Crippen LogP contribution in [0.5, 0.6) is 0 Å². The number of benzene rings is 1. The van der Waals surface area contributed by atoms with Gasteiger partial charge in [0.05, 0.1) is 5.56 Å². The fourth-order valence-electron chi connectivity index (χ4n) is 4.35. The summed E-state index contributed by atoms with van der Waals surface area (Å²) >= 11 is 0. The van der Waals surface area contributed by atoms with Gasteiger partial charge in [0, 0.05) is 51.2 Å². The summed E-state index contributed by atoms with van der Waals surface area (Å²) in [6.45, 7) is 6.44. The lowest BCUT2D eigenvalue weighted by Gasteiger charge is -2.49. The van der Waals surface area contributed by atoms with Gasteiger partial charge in [0.15, 0.2) is 0 Å². The third-order valence-electron chi connectivity index (χ3n) is 6.13. The van der Waals surface area contributed by atoms with Gasteiger partial charge in [-0.15, -0.1) is 0 Å². The van der Waals surface area contributed by atoms with Crippen LogP contribution in [0.15, 0.2) is 24.3 Å². The molecular formula is C20H28F3N3O. The number of hydrogen-bond acceptors (Lipinski definition) is 3. The average molecular weight is 383 g/mol. The lowest BCUT2D eigenvalue weighted by Crippen LogP contribution is -2.60. The molecule has 4 nitrogen and oxygen atoms in total. The van der Waals surface area contributed by atoms with Gasteiger partial charge in [-0.1, -0.05) is 18.2 Å². The number of carbonyl (C=O) groups excluding carboxylic acids is 1. The van der Waals surface area contributed by atoms with Crippen LogP contribution in [-0.2, 0) is 17.5 Å². The summed E-state index contributed by atoms with van der Waals surface area (Å²) in [5.41, 5.74) is 0.00586. The number of carbonyl (C=O) groups is 1. The maximum atomic E-state index is 13.0. The molecule has 1 amide bonds. The third kappa shape index (κ3) is 4.46. The number of hydrogen-bond donors (Lipinski definition) is 0. The molecule has 2 heterocycles.